The van der Waals surface area contributed by atoms with Gasteiger partial charge in [-0.3, -0.25) is 4.79 Å². The highest BCUT2D eigenvalue weighted by molar-refractivity contribution is 6.99. The minimum Gasteiger partial charge on any atom is -0.354 e. The average Bonchev–Trinajstić information content (AvgIpc) is 3.23. The predicted octanol–water partition coefficient (Wildman–Crippen LogP) is 2.49. The van der Waals surface area contributed by atoms with Crippen molar-refractivity contribution in [1.82, 2.24) is 14.1 Å². The second kappa shape index (κ2) is 6.12. The number of halogens is 1. The Balaban J connectivity index is 1.36. The Kier molecular flexibility index (Phi) is 3.96. The third-order valence-electron chi connectivity index (χ3n) is 5.09. The van der Waals surface area contributed by atoms with Crippen molar-refractivity contribution >= 4 is 23.5 Å². The number of aromatic nitrogens is 2. The van der Waals surface area contributed by atoms with Gasteiger partial charge in [0.15, 0.2) is 5.82 Å². The Morgan fingerprint density at radius 3 is 2.54 bits per heavy atom. The molecule has 1 aromatic carbocycles. The fraction of sp³-hybridized carbons (Fsp3) is 0.471. The molecule has 0 radical (unpaired) electrons. The standard InChI is InChI=1S/C17H19FN4OS/c18-13-3-1-12(2-4-13)17(7-8-17)16(23)20-14-5-9-22(10-6-14)15-11-19-24-21-15/h1-4,11,14H,5-10H2,(H,20,23). The molecule has 2 aliphatic rings. The summed E-state index contributed by atoms with van der Waals surface area (Å²) in [5, 5.41) is 3.21. The summed E-state index contributed by atoms with van der Waals surface area (Å²) in [5.41, 5.74) is 0.483. The summed E-state index contributed by atoms with van der Waals surface area (Å²) in [6.45, 7) is 1.75. The molecule has 0 bridgehead atoms. The van der Waals surface area contributed by atoms with Gasteiger partial charge in [-0.25, -0.2) is 4.39 Å². The lowest BCUT2D eigenvalue weighted by Crippen LogP contribution is -2.47. The maximum atomic E-state index is 13.1. The lowest BCUT2D eigenvalue weighted by atomic mass is 9.93. The van der Waals surface area contributed by atoms with Gasteiger partial charge in [-0.2, -0.15) is 8.75 Å². The second-order valence-corrected chi connectivity index (χ2v) is 7.15. The van der Waals surface area contributed by atoms with Crippen molar-refractivity contribution in [1.29, 1.82) is 0 Å². The first-order valence-electron chi connectivity index (χ1n) is 8.27. The summed E-state index contributed by atoms with van der Waals surface area (Å²) in [4.78, 5) is 15.0. The van der Waals surface area contributed by atoms with Gasteiger partial charge >= 0.3 is 0 Å². The summed E-state index contributed by atoms with van der Waals surface area (Å²) < 4.78 is 21.4. The van der Waals surface area contributed by atoms with E-state index in [2.05, 4.69) is 19.0 Å². The van der Waals surface area contributed by atoms with Crippen LogP contribution in [0.4, 0.5) is 10.2 Å². The SMILES string of the molecule is O=C(NC1CCN(c2cnsn2)CC1)C1(c2ccc(F)cc2)CC1. The highest BCUT2D eigenvalue weighted by atomic mass is 32.1. The van der Waals surface area contributed by atoms with Crippen molar-refractivity contribution in [3.05, 3.63) is 41.8 Å². The van der Waals surface area contributed by atoms with Crippen LogP contribution >= 0.6 is 11.7 Å². The highest BCUT2D eigenvalue weighted by Gasteiger charge is 2.51. The van der Waals surface area contributed by atoms with Crippen LogP contribution in [-0.2, 0) is 10.2 Å². The normalized spacial score (nSPS) is 20.0. The van der Waals surface area contributed by atoms with Crippen molar-refractivity contribution < 1.29 is 9.18 Å². The number of nitrogens with one attached hydrogen (secondary N) is 1. The Morgan fingerprint density at radius 1 is 1.25 bits per heavy atom. The quantitative estimate of drug-likeness (QED) is 0.924. The molecule has 1 amide bonds. The van der Waals surface area contributed by atoms with E-state index in [0.717, 1.165) is 50.2 Å². The molecule has 0 spiro atoms. The van der Waals surface area contributed by atoms with E-state index in [-0.39, 0.29) is 17.8 Å². The Labute approximate surface area is 144 Å². The van der Waals surface area contributed by atoms with Gasteiger partial charge in [0.1, 0.15) is 5.82 Å². The lowest BCUT2D eigenvalue weighted by molar-refractivity contribution is -0.124. The number of rotatable bonds is 4. The van der Waals surface area contributed by atoms with Crippen LogP contribution in [0.1, 0.15) is 31.2 Å². The number of anilines is 1. The molecule has 2 heterocycles. The van der Waals surface area contributed by atoms with E-state index in [0.29, 0.717) is 0 Å². The van der Waals surface area contributed by atoms with Gasteiger partial charge in [0.25, 0.3) is 0 Å². The lowest BCUT2D eigenvalue weighted by Gasteiger charge is -2.33. The first kappa shape index (κ1) is 15.5. The van der Waals surface area contributed by atoms with Gasteiger partial charge in [-0.15, -0.1) is 0 Å². The van der Waals surface area contributed by atoms with Crippen LogP contribution in [0.5, 0.6) is 0 Å². The zero-order valence-corrected chi connectivity index (χ0v) is 14.1. The fourth-order valence-electron chi connectivity index (χ4n) is 3.42. The van der Waals surface area contributed by atoms with E-state index in [1.54, 1.807) is 18.3 Å². The van der Waals surface area contributed by atoms with Gasteiger partial charge in [0.05, 0.1) is 23.3 Å². The largest absolute Gasteiger partial charge is 0.354 e. The van der Waals surface area contributed by atoms with Crippen molar-refractivity contribution in [2.24, 2.45) is 0 Å². The van der Waals surface area contributed by atoms with Gasteiger partial charge in [-0.1, -0.05) is 12.1 Å². The maximum absolute atomic E-state index is 13.1. The topological polar surface area (TPSA) is 58.1 Å². The number of amides is 1. The van der Waals surface area contributed by atoms with Crippen molar-refractivity contribution in [3.63, 3.8) is 0 Å². The first-order valence-corrected chi connectivity index (χ1v) is 9.00. The number of carbonyl (C=O) groups is 1. The summed E-state index contributed by atoms with van der Waals surface area (Å²) in [7, 11) is 0. The highest BCUT2D eigenvalue weighted by Crippen LogP contribution is 2.48. The third-order valence-corrected chi connectivity index (χ3v) is 5.55. The molecule has 24 heavy (non-hydrogen) atoms. The van der Waals surface area contributed by atoms with E-state index in [1.165, 1.54) is 23.9 Å². The number of hydrogen-bond acceptors (Lipinski definition) is 5. The van der Waals surface area contributed by atoms with Gasteiger partial charge in [0, 0.05) is 19.1 Å². The molecular weight excluding hydrogens is 327 g/mol. The number of piperidine rings is 1. The Bertz CT molecular complexity index is 707. The van der Waals surface area contributed by atoms with Crippen LogP contribution < -0.4 is 10.2 Å². The minimum atomic E-state index is -0.441. The van der Waals surface area contributed by atoms with Crippen LogP contribution in [0.3, 0.4) is 0 Å². The molecule has 1 aromatic heterocycles. The molecule has 1 aliphatic carbocycles. The monoisotopic (exact) mass is 346 g/mol. The van der Waals surface area contributed by atoms with Gasteiger partial charge in [-0.05, 0) is 43.4 Å². The zero-order valence-electron chi connectivity index (χ0n) is 13.2. The fourth-order valence-corrected chi connectivity index (χ4v) is 3.85. The molecule has 1 N–H and O–H groups in total. The van der Waals surface area contributed by atoms with Crippen molar-refractivity contribution in [2.75, 3.05) is 18.0 Å². The summed E-state index contributed by atoms with van der Waals surface area (Å²) in [6.07, 6.45) is 5.28. The summed E-state index contributed by atoms with van der Waals surface area (Å²) in [6, 6.07) is 6.53. The summed E-state index contributed by atoms with van der Waals surface area (Å²) in [5.74, 6) is 0.747. The number of benzene rings is 1. The van der Waals surface area contributed by atoms with Crippen LogP contribution in [0, 0.1) is 5.82 Å². The molecule has 126 valence electrons. The van der Waals surface area contributed by atoms with Crippen molar-refractivity contribution in [2.45, 2.75) is 37.1 Å². The van der Waals surface area contributed by atoms with Gasteiger partial charge in [0.2, 0.25) is 5.91 Å². The van der Waals surface area contributed by atoms with Crippen LogP contribution in [0.25, 0.3) is 0 Å². The molecule has 1 saturated heterocycles. The minimum absolute atomic E-state index is 0.0860. The zero-order chi connectivity index (χ0) is 16.6. The molecule has 5 nitrogen and oxygen atoms in total. The predicted molar refractivity (Wildman–Crippen MR) is 90.6 cm³/mol. The van der Waals surface area contributed by atoms with E-state index >= 15 is 0 Å². The molecule has 2 fully saturated rings. The second-order valence-electron chi connectivity index (χ2n) is 6.59. The maximum Gasteiger partial charge on any atom is 0.230 e. The molecule has 4 rings (SSSR count). The number of carbonyl (C=O) groups excluding carboxylic acids is 1. The molecule has 7 heteroatoms. The van der Waals surface area contributed by atoms with E-state index in [1.807, 2.05) is 0 Å². The van der Waals surface area contributed by atoms with Crippen LogP contribution in [0.2, 0.25) is 0 Å². The molecule has 0 unspecified atom stereocenters. The van der Waals surface area contributed by atoms with E-state index in [9.17, 15) is 9.18 Å². The number of nitrogens with zero attached hydrogens (tertiary/aromatic N) is 3. The van der Waals surface area contributed by atoms with E-state index in [4.69, 9.17) is 0 Å². The molecule has 1 aliphatic heterocycles. The number of hydrogen-bond donors (Lipinski definition) is 1. The summed E-state index contributed by atoms with van der Waals surface area (Å²) >= 11 is 1.22. The Hall–Kier alpha value is -2.02. The van der Waals surface area contributed by atoms with E-state index < -0.39 is 5.41 Å². The van der Waals surface area contributed by atoms with Crippen molar-refractivity contribution in [3.8, 4) is 0 Å². The van der Waals surface area contributed by atoms with Crippen LogP contribution in [-0.4, -0.2) is 33.8 Å². The smallest absolute Gasteiger partial charge is 0.230 e. The molecule has 0 atom stereocenters. The molecular formula is C17H19FN4OS. The first-order chi connectivity index (χ1) is 11.7. The average molecular weight is 346 g/mol. The third kappa shape index (κ3) is 2.88. The molecule has 1 saturated carbocycles. The molecule has 2 aromatic rings. The van der Waals surface area contributed by atoms with Crippen LogP contribution in [0.15, 0.2) is 30.5 Å². The Morgan fingerprint density at radius 2 is 1.96 bits per heavy atom. The van der Waals surface area contributed by atoms with Gasteiger partial charge < -0.3 is 10.2 Å².